The zero-order valence-electron chi connectivity index (χ0n) is 12.0. The first-order valence-electron chi connectivity index (χ1n) is 6.41. The largest absolute Gasteiger partial charge is 0.490 e. The van der Waals surface area contributed by atoms with Crippen molar-refractivity contribution in [3.63, 3.8) is 0 Å². The standard InChI is InChI=1S/C12H15F5N2O3S/c1-2-23(20,21)6-9(18)10-4-3-8(5-19-10)22-7-11(13,14)12(15,16)17/h5-6H,2-4,7,18H2,1H3/b9-6-. The van der Waals surface area contributed by atoms with Crippen LogP contribution in [-0.2, 0) is 14.6 Å². The molecule has 0 spiro atoms. The Morgan fingerprint density at radius 2 is 1.96 bits per heavy atom. The fourth-order valence-corrected chi connectivity index (χ4v) is 2.15. The Hall–Kier alpha value is -1.65. The van der Waals surface area contributed by atoms with Gasteiger partial charge in [-0.3, -0.25) is 4.99 Å². The van der Waals surface area contributed by atoms with Gasteiger partial charge < -0.3 is 10.5 Å². The molecule has 0 amide bonds. The number of halogens is 5. The lowest BCUT2D eigenvalue weighted by Gasteiger charge is -2.21. The Morgan fingerprint density at radius 1 is 1.35 bits per heavy atom. The summed E-state index contributed by atoms with van der Waals surface area (Å²) in [5.74, 6) is -5.28. The normalized spacial score (nSPS) is 17.6. The van der Waals surface area contributed by atoms with Gasteiger partial charge >= 0.3 is 12.1 Å². The van der Waals surface area contributed by atoms with Crippen molar-refractivity contribution >= 4 is 15.5 Å². The van der Waals surface area contributed by atoms with Gasteiger partial charge in [0.05, 0.1) is 28.8 Å². The van der Waals surface area contributed by atoms with Crippen molar-refractivity contribution in [3.8, 4) is 0 Å². The van der Waals surface area contributed by atoms with E-state index < -0.39 is 28.5 Å². The highest BCUT2D eigenvalue weighted by Crippen LogP contribution is 2.36. The summed E-state index contributed by atoms with van der Waals surface area (Å²) in [6.45, 7) is -0.419. The van der Waals surface area contributed by atoms with E-state index in [4.69, 9.17) is 5.73 Å². The first-order chi connectivity index (χ1) is 10.4. The molecule has 23 heavy (non-hydrogen) atoms. The molecule has 132 valence electrons. The molecule has 0 aromatic rings. The lowest BCUT2D eigenvalue weighted by molar-refractivity contribution is -0.294. The average molecular weight is 362 g/mol. The van der Waals surface area contributed by atoms with E-state index in [1.807, 2.05) is 0 Å². The molecule has 0 aromatic heterocycles. The average Bonchev–Trinajstić information content (AvgIpc) is 2.44. The number of hydrogen-bond donors (Lipinski definition) is 1. The maximum absolute atomic E-state index is 12.7. The Kier molecular flexibility index (Phi) is 5.78. The highest BCUT2D eigenvalue weighted by atomic mass is 32.2. The van der Waals surface area contributed by atoms with Gasteiger partial charge in [0.1, 0.15) is 5.76 Å². The SMILES string of the molecule is CCS(=O)(=O)/C=C(\N)C1=NC=C(OCC(F)(F)C(F)(F)F)CC1. The van der Waals surface area contributed by atoms with Gasteiger partial charge in [-0.15, -0.1) is 0 Å². The van der Waals surface area contributed by atoms with Gasteiger partial charge in [-0.25, -0.2) is 8.42 Å². The summed E-state index contributed by atoms with van der Waals surface area (Å²) >= 11 is 0. The zero-order valence-corrected chi connectivity index (χ0v) is 12.8. The van der Waals surface area contributed by atoms with Crippen LogP contribution in [-0.4, -0.2) is 38.6 Å². The van der Waals surface area contributed by atoms with E-state index in [0.29, 0.717) is 0 Å². The first kappa shape index (κ1) is 19.4. The molecule has 0 atom stereocenters. The number of ether oxygens (including phenoxy) is 1. The molecule has 1 heterocycles. The van der Waals surface area contributed by atoms with Crippen LogP contribution in [0.5, 0.6) is 0 Å². The molecule has 11 heteroatoms. The van der Waals surface area contributed by atoms with E-state index >= 15 is 0 Å². The second-order valence-corrected chi connectivity index (χ2v) is 6.83. The lowest BCUT2D eigenvalue weighted by atomic mass is 10.1. The van der Waals surface area contributed by atoms with Crippen molar-refractivity contribution in [2.24, 2.45) is 10.7 Å². The van der Waals surface area contributed by atoms with E-state index in [9.17, 15) is 30.4 Å². The topological polar surface area (TPSA) is 81.8 Å². The zero-order chi connectivity index (χ0) is 17.9. The van der Waals surface area contributed by atoms with Crippen LogP contribution < -0.4 is 5.73 Å². The van der Waals surface area contributed by atoms with Gasteiger partial charge in [-0.05, 0) is 6.42 Å². The summed E-state index contributed by atoms with van der Waals surface area (Å²) in [5, 5.41) is 0.837. The Bertz CT molecular complexity index is 636. The number of nitrogens with zero attached hydrogens (tertiary/aromatic N) is 1. The van der Waals surface area contributed by atoms with E-state index in [1.165, 1.54) is 6.92 Å². The molecular formula is C12H15F5N2O3S. The molecule has 0 saturated carbocycles. The summed E-state index contributed by atoms with van der Waals surface area (Å²) in [6, 6.07) is 0. The van der Waals surface area contributed by atoms with Crippen LogP contribution in [0.15, 0.2) is 28.1 Å². The summed E-state index contributed by atoms with van der Waals surface area (Å²) in [6.07, 6.45) is -4.71. The van der Waals surface area contributed by atoms with Crippen molar-refractivity contribution in [1.29, 1.82) is 0 Å². The van der Waals surface area contributed by atoms with E-state index in [1.54, 1.807) is 0 Å². The minimum Gasteiger partial charge on any atom is -0.490 e. The van der Waals surface area contributed by atoms with Crippen LogP contribution in [0, 0.1) is 0 Å². The van der Waals surface area contributed by atoms with Gasteiger partial charge in [0.15, 0.2) is 16.4 Å². The molecule has 1 aliphatic heterocycles. The molecule has 0 aromatic carbocycles. The van der Waals surface area contributed by atoms with Gasteiger partial charge in [0, 0.05) is 6.42 Å². The van der Waals surface area contributed by atoms with E-state index in [2.05, 4.69) is 9.73 Å². The number of aliphatic imine (C=N–C) groups is 1. The van der Waals surface area contributed by atoms with Crippen LogP contribution in [0.2, 0.25) is 0 Å². The third-order valence-corrected chi connectivity index (χ3v) is 4.29. The maximum Gasteiger partial charge on any atom is 0.456 e. The monoisotopic (exact) mass is 362 g/mol. The van der Waals surface area contributed by atoms with Crippen LogP contribution in [0.1, 0.15) is 19.8 Å². The number of alkyl halides is 5. The number of rotatable bonds is 6. The molecule has 0 aliphatic carbocycles. The number of hydrogen-bond acceptors (Lipinski definition) is 5. The Balaban J connectivity index is 2.76. The van der Waals surface area contributed by atoms with Crippen molar-refractivity contribution in [1.82, 2.24) is 0 Å². The van der Waals surface area contributed by atoms with Crippen LogP contribution in [0.4, 0.5) is 22.0 Å². The maximum atomic E-state index is 12.7. The fraction of sp³-hybridized carbons (Fsp3) is 0.583. The van der Waals surface area contributed by atoms with Gasteiger partial charge in [0.2, 0.25) is 0 Å². The summed E-state index contributed by atoms with van der Waals surface area (Å²) in [5.41, 5.74) is 5.65. The second-order valence-electron chi connectivity index (χ2n) is 4.69. The van der Waals surface area contributed by atoms with E-state index in [0.717, 1.165) is 11.6 Å². The van der Waals surface area contributed by atoms with Crippen molar-refractivity contribution in [3.05, 3.63) is 23.1 Å². The predicted molar refractivity (Wildman–Crippen MR) is 73.4 cm³/mol. The molecule has 0 bridgehead atoms. The van der Waals surface area contributed by atoms with Crippen LogP contribution >= 0.6 is 0 Å². The molecular weight excluding hydrogens is 347 g/mol. The third-order valence-electron chi connectivity index (χ3n) is 2.87. The van der Waals surface area contributed by atoms with Gasteiger partial charge in [0.25, 0.3) is 0 Å². The molecule has 0 unspecified atom stereocenters. The molecule has 0 saturated heterocycles. The van der Waals surface area contributed by atoms with Crippen molar-refractivity contribution in [2.45, 2.75) is 31.9 Å². The predicted octanol–water partition coefficient (Wildman–Crippen LogP) is 2.51. The summed E-state index contributed by atoms with van der Waals surface area (Å²) < 4.78 is 88.6. The minimum absolute atomic E-state index is 0.0204. The highest BCUT2D eigenvalue weighted by Gasteiger charge is 2.58. The lowest BCUT2D eigenvalue weighted by Crippen LogP contribution is -2.40. The number of sulfone groups is 1. The fourth-order valence-electron chi connectivity index (χ4n) is 1.46. The quantitative estimate of drug-likeness (QED) is 0.736. The Labute approximate surface area is 129 Å². The molecule has 5 nitrogen and oxygen atoms in total. The minimum atomic E-state index is -5.70. The summed E-state index contributed by atoms with van der Waals surface area (Å²) in [7, 11) is -3.47. The molecule has 0 radical (unpaired) electrons. The molecule has 2 N–H and O–H groups in total. The van der Waals surface area contributed by atoms with Crippen molar-refractivity contribution in [2.75, 3.05) is 12.4 Å². The smallest absolute Gasteiger partial charge is 0.456 e. The molecule has 0 fully saturated rings. The second kappa shape index (κ2) is 6.85. The van der Waals surface area contributed by atoms with Crippen molar-refractivity contribution < 1.29 is 35.1 Å². The Morgan fingerprint density at radius 3 is 2.39 bits per heavy atom. The van der Waals surface area contributed by atoms with Gasteiger partial charge in [-0.1, -0.05) is 6.92 Å². The summed E-state index contributed by atoms with van der Waals surface area (Å²) in [4.78, 5) is 3.74. The van der Waals surface area contributed by atoms with Gasteiger partial charge in [-0.2, -0.15) is 22.0 Å². The molecule has 1 aliphatic rings. The number of nitrogens with two attached hydrogens (primary N) is 1. The first-order valence-corrected chi connectivity index (χ1v) is 8.13. The highest BCUT2D eigenvalue weighted by molar-refractivity contribution is 7.94. The van der Waals surface area contributed by atoms with Crippen LogP contribution in [0.3, 0.4) is 0 Å². The van der Waals surface area contributed by atoms with Crippen LogP contribution in [0.25, 0.3) is 0 Å². The number of allylic oxidation sites excluding steroid dienone is 2. The van der Waals surface area contributed by atoms with E-state index in [-0.39, 0.29) is 35.8 Å². The molecule has 1 rings (SSSR count). The third kappa shape index (κ3) is 5.48.